The van der Waals surface area contributed by atoms with Crippen molar-refractivity contribution in [2.75, 3.05) is 4.90 Å². The molecule has 4 rings (SSSR count). The summed E-state index contributed by atoms with van der Waals surface area (Å²) in [6.45, 7) is 0. The molecule has 0 spiro atoms. The van der Waals surface area contributed by atoms with Crippen molar-refractivity contribution in [1.82, 2.24) is 0 Å². The van der Waals surface area contributed by atoms with Crippen molar-refractivity contribution in [2.24, 2.45) is 0 Å². The summed E-state index contributed by atoms with van der Waals surface area (Å²) in [6.07, 6.45) is 0. The number of rotatable bonds is 4. The summed E-state index contributed by atoms with van der Waals surface area (Å²) in [5.41, 5.74) is -0.231. The molecule has 1 aliphatic heterocycles. The highest BCUT2D eigenvalue weighted by molar-refractivity contribution is 8.04. The normalized spacial score (nSPS) is 14.1. The second-order valence-electron chi connectivity index (χ2n) is 6.31. The monoisotopic (exact) mass is 445 g/mol. The average molecular weight is 446 g/mol. The summed E-state index contributed by atoms with van der Waals surface area (Å²) >= 11 is 6.88. The van der Waals surface area contributed by atoms with Crippen LogP contribution in [0.25, 0.3) is 5.57 Å². The topological polar surface area (TPSA) is 37.4 Å². The smallest absolute Gasteiger partial charge is 0.268 e. The van der Waals surface area contributed by atoms with E-state index in [0.29, 0.717) is 14.8 Å². The first-order valence-electron chi connectivity index (χ1n) is 8.62. The molecule has 3 aromatic carbocycles. The zero-order chi connectivity index (χ0) is 21.4. The van der Waals surface area contributed by atoms with Gasteiger partial charge in [0, 0.05) is 16.0 Å². The van der Waals surface area contributed by atoms with Crippen molar-refractivity contribution in [3.8, 4) is 0 Å². The summed E-state index contributed by atoms with van der Waals surface area (Å²) in [7, 11) is 0. The zero-order valence-corrected chi connectivity index (χ0v) is 16.6. The molecule has 0 aliphatic carbocycles. The lowest BCUT2D eigenvalue weighted by Gasteiger charge is -2.16. The van der Waals surface area contributed by atoms with Gasteiger partial charge >= 0.3 is 0 Å². The van der Waals surface area contributed by atoms with E-state index in [9.17, 15) is 22.8 Å². The van der Waals surface area contributed by atoms with Gasteiger partial charge in [0.2, 0.25) is 0 Å². The number of hydrogen-bond acceptors (Lipinski definition) is 3. The van der Waals surface area contributed by atoms with Crippen molar-refractivity contribution in [3.05, 3.63) is 99.7 Å². The van der Waals surface area contributed by atoms with Gasteiger partial charge in [0.05, 0.1) is 16.2 Å². The van der Waals surface area contributed by atoms with E-state index in [2.05, 4.69) is 0 Å². The zero-order valence-electron chi connectivity index (χ0n) is 15.0. The minimum Gasteiger partial charge on any atom is -0.268 e. The van der Waals surface area contributed by atoms with Gasteiger partial charge in [0.25, 0.3) is 11.8 Å². The predicted octanol–water partition coefficient (Wildman–Crippen LogP) is 5.83. The van der Waals surface area contributed by atoms with Crippen LogP contribution in [0.2, 0.25) is 5.02 Å². The maximum Gasteiger partial charge on any atom is 0.273 e. The fourth-order valence-electron chi connectivity index (χ4n) is 2.97. The first-order valence-corrected chi connectivity index (χ1v) is 9.82. The molecule has 1 heterocycles. The third-order valence-electron chi connectivity index (χ3n) is 4.36. The van der Waals surface area contributed by atoms with Crippen LogP contribution in [0, 0.1) is 17.5 Å². The van der Waals surface area contributed by atoms with Crippen molar-refractivity contribution < 1.29 is 22.8 Å². The van der Waals surface area contributed by atoms with Gasteiger partial charge in [-0.15, -0.1) is 0 Å². The van der Waals surface area contributed by atoms with Gasteiger partial charge in [-0.2, -0.15) is 0 Å². The minimum atomic E-state index is -0.922. The summed E-state index contributed by atoms with van der Waals surface area (Å²) < 4.78 is 41.4. The number of amides is 2. The van der Waals surface area contributed by atoms with E-state index in [1.807, 2.05) is 0 Å². The van der Waals surface area contributed by atoms with E-state index in [1.54, 1.807) is 24.3 Å². The molecule has 30 heavy (non-hydrogen) atoms. The van der Waals surface area contributed by atoms with Gasteiger partial charge in [-0.05, 0) is 54.1 Å². The number of hydrogen-bond donors (Lipinski definition) is 0. The summed E-state index contributed by atoms with van der Waals surface area (Å²) in [5.74, 6) is -3.86. The lowest BCUT2D eigenvalue weighted by atomic mass is 10.1. The van der Waals surface area contributed by atoms with Crippen LogP contribution < -0.4 is 4.90 Å². The van der Waals surface area contributed by atoms with Crippen LogP contribution in [0.1, 0.15) is 5.56 Å². The van der Waals surface area contributed by atoms with Crippen LogP contribution in [0.5, 0.6) is 0 Å². The molecule has 0 atom stereocenters. The van der Waals surface area contributed by atoms with E-state index >= 15 is 0 Å². The Kier molecular flexibility index (Phi) is 5.40. The number of carbonyl (C=O) groups is 2. The first-order chi connectivity index (χ1) is 14.3. The second-order valence-corrected chi connectivity index (χ2v) is 7.83. The van der Waals surface area contributed by atoms with Crippen molar-refractivity contribution in [3.63, 3.8) is 0 Å². The highest BCUT2D eigenvalue weighted by Gasteiger charge is 2.41. The molecule has 0 bridgehead atoms. The number of imide groups is 1. The highest BCUT2D eigenvalue weighted by atomic mass is 35.5. The fourth-order valence-corrected chi connectivity index (χ4v) is 4.09. The molecule has 3 aromatic rings. The summed E-state index contributed by atoms with van der Waals surface area (Å²) in [5, 5.41) is 0.490. The second kappa shape index (κ2) is 8.01. The van der Waals surface area contributed by atoms with Crippen LogP contribution in [-0.2, 0) is 9.59 Å². The Morgan fingerprint density at radius 1 is 0.767 bits per heavy atom. The molecule has 0 aromatic heterocycles. The number of halogens is 4. The number of thioether (sulfide) groups is 1. The van der Waals surface area contributed by atoms with Gasteiger partial charge < -0.3 is 0 Å². The van der Waals surface area contributed by atoms with Crippen LogP contribution >= 0.6 is 23.4 Å². The maximum atomic E-state index is 14.3. The molecule has 0 fully saturated rings. The molecular weight excluding hydrogens is 435 g/mol. The van der Waals surface area contributed by atoms with Crippen molar-refractivity contribution >= 4 is 46.4 Å². The number of anilines is 1. The Bertz CT molecular complexity index is 1190. The molecule has 0 saturated carbocycles. The molecular formula is C22H11ClF3NO2S. The van der Waals surface area contributed by atoms with Crippen LogP contribution in [0.15, 0.2) is 76.5 Å². The Morgan fingerprint density at radius 3 is 2.07 bits per heavy atom. The third-order valence-corrected chi connectivity index (χ3v) is 5.70. The molecule has 0 unspecified atom stereocenters. The highest BCUT2D eigenvalue weighted by Crippen LogP contribution is 2.42. The van der Waals surface area contributed by atoms with Crippen LogP contribution in [0.4, 0.5) is 18.9 Å². The molecule has 8 heteroatoms. The standard InChI is InChI=1S/C22H11ClF3NO2S/c23-13-3-8-16(9-4-13)30-20-19(12-1-5-14(24)6-2-12)21(28)27(22(20)29)18-11-15(25)7-10-17(18)26/h1-11H. The van der Waals surface area contributed by atoms with Gasteiger partial charge in [-0.3, -0.25) is 9.59 Å². The average Bonchev–Trinajstić information content (AvgIpc) is 2.96. The maximum absolute atomic E-state index is 14.3. The van der Waals surface area contributed by atoms with Crippen LogP contribution in [0.3, 0.4) is 0 Å². The number of carbonyl (C=O) groups excluding carboxylic acids is 2. The largest absolute Gasteiger partial charge is 0.273 e. The molecule has 1 aliphatic rings. The summed E-state index contributed by atoms with van der Waals surface area (Å²) in [4.78, 5) is 27.5. The first kappa shape index (κ1) is 20.3. The Morgan fingerprint density at radius 2 is 1.40 bits per heavy atom. The van der Waals surface area contributed by atoms with Crippen molar-refractivity contribution in [2.45, 2.75) is 4.90 Å². The Balaban J connectivity index is 1.84. The molecule has 150 valence electrons. The predicted molar refractivity (Wildman–Crippen MR) is 109 cm³/mol. The van der Waals surface area contributed by atoms with Gasteiger partial charge in [-0.1, -0.05) is 35.5 Å². The molecule has 0 saturated heterocycles. The molecule has 0 radical (unpaired) electrons. The van der Waals surface area contributed by atoms with Gasteiger partial charge in [-0.25, -0.2) is 18.1 Å². The lowest BCUT2D eigenvalue weighted by molar-refractivity contribution is -0.119. The Hall–Kier alpha value is -3.03. The lowest BCUT2D eigenvalue weighted by Crippen LogP contribution is -2.32. The summed E-state index contributed by atoms with van der Waals surface area (Å²) in [6, 6.07) is 14.1. The molecule has 3 nitrogen and oxygen atoms in total. The van der Waals surface area contributed by atoms with Gasteiger partial charge in [0.15, 0.2) is 0 Å². The van der Waals surface area contributed by atoms with Crippen molar-refractivity contribution in [1.29, 1.82) is 0 Å². The molecule has 0 N–H and O–H groups in total. The van der Waals surface area contributed by atoms with Gasteiger partial charge in [0.1, 0.15) is 17.5 Å². The minimum absolute atomic E-state index is 0.0117. The van der Waals surface area contributed by atoms with E-state index < -0.39 is 35.0 Å². The van der Waals surface area contributed by atoms with Crippen LogP contribution in [-0.4, -0.2) is 11.8 Å². The number of nitrogens with zero attached hydrogens (tertiary/aromatic N) is 1. The fraction of sp³-hybridized carbons (Fsp3) is 0. The SMILES string of the molecule is O=C1C(Sc2ccc(Cl)cc2)=C(c2ccc(F)cc2)C(=O)N1c1cc(F)ccc1F. The number of benzene rings is 3. The van der Waals surface area contributed by atoms with E-state index in [4.69, 9.17) is 11.6 Å². The van der Waals surface area contributed by atoms with E-state index in [1.165, 1.54) is 12.1 Å². The third kappa shape index (κ3) is 3.74. The van der Waals surface area contributed by atoms with E-state index in [-0.39, 0.29) is 16.0 Å². The molecule has 2 amide bonds. The van der Waals surface area contributed by atoms with E-state index in [0.717, 1.165) is 42.1 Å². The Labute approximate surface area is 178 Å². The quantitative estimate of drug-likeness (QED) is 0.474.